The summed E-state index contributed by atoms with van der Waals surface area (Å²) in [5.41, 5.74) is 0. The Hall–Kier alpha value is -0.410. The molecule has 1 aromatic heterocycles. The van der Waals surface area contributed by atoms with Crippen molar-refractivity contribution in [1.82, 2.24) is 5.32 Å². The summed E-state index contributed by atoms with van der Waals surface area (Å²) in [7, 11) is 0. The molecule has 0 bridgehead atoms. The molecule has 0 aromatic carbocycles. The summed E-state index contributed by atoms with van der Waals surface area (Å²) in [5, 5.41) is 4.65. The van der Waals surface area contributed by atoms with E-state index in [1.165, 1.54) is 25.0 Å². The van der Waals surface area contributed by atoms with Crippen LogP contribution in [-0.2, 0) is 6.42 Å². The van der Waals surface area contributed by atoms with E-state index < -0.39 is 0 Å². The molecule has 3 atom stereocenters. The summed E-state index contributed by atoms with van der Waals surface area (Å²) in [6, 6.07) is 5.34. The van der Waals surface area contributed by atoms with E-state index in [0.29, 0.717) is 6.04 Å². The van der Waals surface area contributed by atoms with E-state index in [1.807, 2.05) is 6.07 Å². The summed E-state index contributed by atoms with van der Waals surface area (Å²) >= 11 is 2.12. The third-order valence-corrected chi connectivity index (χ3v) is 5.06. The molecule has 0 spiro atoms. The number of nitrogens with one attached hydrogen (secondary N) is 1. The Kier molecular flexibility index (Phi) is 5.64. The maximum absolute atomic E-state index is 5.38. The van der Waals surface area contributed by atoms with E-state index in [1.54, 1.807) is 6.26 Å². The van der Waals surface area contributed by atoms with E-state index in [0.717, 1.165) is 29.9 Å². The highest BCUT2D eigenvalue weighted by Gasteiger charge is 2.27. The minimum atomic E-state index is 0.582. The van der Waals surface area contributed by atoms with Crippen molar-refractivity contribution in [3.8, 4) is 0 Å². The van der Waals surface area contributed by atoms with Crippen molar-refractivity contribution in [3.05, 3.63) is 24.2 Å². The number of aryl methyl sites for hydroxylation is 1. The molecule has 1 aromatic rings. The van der Waals surface area contributed by atoms with Gasteiger partial charge in [-0.15, -0.1) is 0 Å². The van der Waals surface area contributed by atoms with Crippen LogP contribution in [0.2, 0.25) is 0 Å². The first kappa shape index (κ1) is 14.0. The van der Waals surface area contributed by atoms with Gasteiger partial charge in [0, 0.05) is 23.8 Å². The zero-order valence-electron chi connectivity index (χ0n) is 11.5. The Bertz CT molecular complexity index is 325. The van der Waals surface area contributed by atoms with Gasteiger partial charge in [0.15, 0.2) is 0 Å². The summed E-state index contributed by atoms with van der Waals surface area (Å²) in [5.74, 6) is 2.35. The Balaban J connectivity index is 1.71. The zero-order valence-corrected chi connectivity index (χ0v) is 12.3. The maximum Gasteiger partial charge on any atom is 0.103 e. The van der Waals surface area contributed by atoms with Gasteiger partial charge in [-0.1, -0.05) is 13.3 Å². The largest absolute Gasteiger partial charge is 0.469 e. The van der Waals surface area contributed by atoms with Gasteiger partial charge < -0.3 is 9.73 Å². The summed E-state index contributed by atoms with van der Waals surface area (Å²) < 4.78 is 5.38. The maximum atomic E-state index is 5.38. The van der Waals surface area contributed by atoms with E-state index in [2.05, 4.69) is 37.0 Å². The van der Waals surface area contributed by atoms with Gasteiger partial charge >= 0.3 is 0 Å². The molecule has 2 nitrogen and oxygen atoms in total. The first-order chi connectivity index (χ1) is 8.79. The minimum Gasteiger partial charge on any atom is -0.469 e. The first-order valence-corrected chi connectivity index (χ1v) is 8.24. The van der Waals surface area contributed by atoms with Gasteiger partial charge in [-0.2, -0.15) is 11.8 Å². The molecule has 1 N–H and O–H groups in total. The monoisotopic (exact) mass is 267 g/mol. The van der Waals surface area contributed by atoms with Crippen LogP contribution < -0.4 is 5.32 Å². The predicted molar refractivity (Wildman–Crippen MR) is 79.2 cm³/mol. The summed E-state index contributed by atoms with van der Waals surface area (Å²) in [6.07, 6.45) is 8.09. The van der Waals surface area contributed by atoms with E-state index >= 15 is 0 Å². The fraction of sp³-hybridized carbons (Fsp3) is 0.733. The average molecular weight is 267 g/mol. The molecule has 102 valence electrons. The van der Waals surface area contributed by atoms with Crippen LogP contribution in [0.1, 0.15) is 45.3 Å². The highest BCUT2D eigenvalue weighted by Crippen LogP contribution is 2.30. The van der Waals surface area contributed by atoms with Crippen LogP contribution >= 0.6 is 11.8 Å². The fourth-order valence-electron chi connectivity index (χ4n) is 2.79. The van der Waals surface area contributed by atoms with E-state index in [-0.39, 0.29) is 0 Å². The molecule has 1 aliphatic carbocycles. The summed E-state index contributed by atoms with van der Waals surface area (Å²) in [6.45, 7) is 4.56. The Morgan fingerprint density at radius 2 is 2.39 bits per heavy atom. The predicted octanol–water partition coefficient (Wildman–Crippen LogP) is 3.86. The van der Waals surface area contributed by atoms with E-state index in [4.69, 9.17) is 4.42 Å². The summed E-state index contributed by atoms with van der Waals surface area (Å²) in [4.78, 5) is 0. The molecule has 0 amide bonds. The molecule has 1 fully saturated rings. The Morgan fingerprint density at radius 1 is 1.50 bits per heavy atom. The number of furan rings is 1. The Labute approximate surface area is 115 Å². The van der Waals surface area contributed by atoms with Gasteiger partial charge in [0.1, 0.15) is 5.76 Å². The van der Waals surface area contributed by atoms with Gasteiger partial charge in [0.2, 0.25) is 0 Å². The number of thioether (sulfide) groups is 1. The van der Waals surface area contributed by atoms with Crippen molar-refractivity contribution in [1.29, 1.82) is 0 Å². The first-order valence-electron chi connectivity index (χ1n) is 7.19. The second kappa shape index (κ2) is 7.25. The molecule has 3 unspecified atom stereocenters. The molecular formula is C15H25NOS. The lowest BCUT2D eigenvalue weighted by Crippen LogP contribution is -2.40. The highest BCUT2D eigenvalue weighted by atomic mass is 32.2. The highest BCUT2D eigenvalue weighted by molar-refractivity contribution is 7.99. The molecule has 3 heteroatoms. The molecule has 2 rings (SSSR count). The van der Waals surface area contributed by atoms with Crippen molar-refractivity contribution < 1.29 is 4.42 Å². The van der Waals surface area contributed by atoms with Crippen molar-refractivity contribution in [2.24, 2.45) is 0 Å². The topological polar surface area (TPSA) is 25.2 Å². The van der Waals surface area contributed by atoms with Crippen molar-refractivity contribution in [3.63, 3.8) is 0 Å². The van der Waals surface area contributed by atoms with Crippen LogP contribution in [0.5, 0.6) is 0 Å². The lowest BCUT2D eigenvalue weighted by atomic mass is 10.1. The molecule has 1 aliphatic rings. The second-order valence-corrected chi connectivity index (χ2v) is 6.73. The molecular weight excluding hydrogens is 242 g/mol. The van der Waals surface area contributed by atoms with Crippen LogP contribution in [0.3, 0.4) is 0 Å². The minimum absolute atomic E-state index is 0.582. The van der Waals surface area contributed by atoms with Gasteiger partial charge in [-0.25, -0.2) is 0 Å². The molecule has 0 saturated heterocycles. The quantitative estimate of drug-likeness (QED) is 0.812. The van der Waals surface area contributed by atoms with Crippen LogP contribution in [-0.4, -0.2) is 23.1 Å². The smallest absolute Gasteiger partial charge is 0.103 e. The zero-order chi connectivity index (χ0) is 12.8. The Morgan fingerprint density at radius 3 is 3.11 bits per heavy atom. The van der Waals surface area contributed by atoms with E-state index in [9.17, 15) is 0 Å². The van der Waals surface area contributed by atoms with Crippen LogP contribution in [0.4, 0.5) is 0 Å². The van der Waals surface area contributed by atoms with Gasteiger partial charge in [0.05, 0.1) is 6.26 Å². The van der Waals surface area contributed by atoms with Gasteiger partial charge in [-0.3, -0.25) is 0 Å². The second-order valence-electron chi connectivity index (χ2n) is 5.22. The molecule has 1 saturated carbocycles. The average Bonchev–Trinajstić information content (AvgIpc) is 2.99. The number of rotatable bonds is 7. The fourth-order valence-corrected chi connectivity index (χ4v) is 4.00. The molecule has 1 heterocycles. The van der Waals surface area contributed by atoms with Gasteiger partial charge in [0.25, 0.3) is 0 Å². The molecule has 0 radical (unpaired) electrons. The normalized spacial score (nSPS) is 25.4. The number of hydrogen-bond donors (Lipinski definition) is 1. The van der Waals surface area contributed by atoms with Gasteiger partial charge in [-0.05, 0) is 44.1 Å². The van der Waals surface area contributed by atoms with Crippen molar-refractivity contribution in [2.75, 3.05) is 5.75 Å². The number of hydrogen-bond acceptors (Lipinski definition) is 3. The van der Waals surface area contributed by atoms with Crippen LogP contribution in [0.15, 0.2) is 22.8 Å². The SMILES string of the molecule is CCSC1CCCC1NC(C)CCc1ccco1. The van der Waals surface area contributed by atoms with Crippen molar-refractivity contribution in [2.45, 2.75) is 63.3 Å². The van der Waals surface area contributed by atoms with Crippen LogP contribution in [0.25, 0.3) is 0 Å². The lowest BCUT2D eigenvalue weighted by Gasteiger charge is -2.24. The molecule has 18 heavy (non-hydrogen) atoms. The van der Waals surface area contributed by atoms with Crippen molar-refractivity contribution >= 4 is 11.8 Å². The lowest BCUT2D eigenvalue weighted by molar-refractivity contribution is 0.418. The third-order valence-electron chi connectivity index (χ3n) is 3.74. The molecule has 0 aliphatic heterocycles. The van der Waals surface area contributed by atoms with Crippen LogP contribution in [0, 0.1) is 0 Å². The standard InChI is InChI=1S/C15H25NOS/c1-3-18-15-8-4-7-14(15)16-12(2)9-10-13-6-5-11-17-13/h5-6,11-12,14-16H,3-4,7-10H2,1-2H3. The third kappa shape index (κ3) is 4.06.